The maximum Gasteiger partial charge on any atom is 0.230 e. The number of hydrogen-bond acceptors (Lipinski definition) is 3. The van der Waals surface area contributed by atoms with Gasteiger partial charge in [0.1, 0.15) is 11.6 Å². The number of fused-ring (bicyclic) bond motifs is 2. The van der Waals surface area contributed by atoms with Crippen molar-refractivity contribution in [3.8, 4) is 5.75 Å². The van der Waals surface area contributed by atoms with Crippen LogP contribution in [0.5, 0.6) is 5.75 Å². The van der Waals surface area contributed by atoms with Crippen molar-refractivity contribution in [1.29, 1.82) is 0 Å². The van der Waals surface area contributed by atoms with Gasteiger partial charge in [0.2, 0.25) is 11.8 Å². The van der Waals surface area contributed by atoms with Gasteiger partial charge in [-0.2, -0.15) is 0 Å². The van der Waals surface area contributed by atoms with E-state index in [1.165, 1.54) is 17.7 Å². The number of nitrogens with zero attached hydrogens (tertiary/aromatic N) is 1. The molecule has 5 nitrogen and oxygen atoms in total. The smallest absolute Gasteiger partial charge is 0.230 e. The van der Waals surface area contributed by atoms with Crippen LogP contribution in [0.15, 0.2) is 36.4 Å². The largest absolute Gasteiger partial charge is 0.496 e. The van der Waals surface area contributed by atoms with Crippen molar-refractivity contribution in [1.82, 2.24) is 4.90 Å². The molecular weight excluding hydrogens is 347 g/mol. The van der Waals surface area contributed by atoms with Gasteiger partial charge in [-0.05, 0) is 47.7 Å². The molecule has 2 heterocycles. The topological polar surface area (TPSA) is 58.6 Å². The molecule has 2 aliphatic heterocycles. The Hall–Kier alpha value is -2.89. The molecule has 1 unspecified atom stereocenters. The molecule has 6 heteroatoms. The van der Waals surface area contributed by atoms with Gasteiger partial charge in [0.15, 0.2) is 0 Å². The van der Waals surface area contributed by atoms with Crippen molar-refractivity contribution >= 4 is 17.5 Å². The highest BCUT2D eigenvalue weighted by Gasteiger charge is 2.34. The van der Waals surface area contributed by atoms with Crippen LogP contribution in [0.1, 0.15) is 29.0 Å². The molecule has 0 bridgehead atoms. The van der Waals surface area contributed by atoms with Crippen molar-refractivity contribution in [3.05, 3.63) is 58.9 Å². The number of amides is 2. The van der Waals surface area contributed by atoms with Gasteiger partial charge in [-0.25, -0.2) is 4.39 Å². The second-order valence-corrected chi connectivity index (χ2v) is 6.96. The Kier molecular flexibility index (Phi) is 4.56. The van der Waals surface area contributed by atoms with E-state index in [1.54, 1.807) is 13.2 Å². The molecule has 2 amide bonds. The van der Waals surface area contributed by atoms with Crippen LogP contribution in [-0.4, -0.2) is 36.9 Å². The molecule has 0 aromatic heterocycles. The van der Waals surface area contributed by atoms with E-state index in [1.807, 2.05) is 17.0 Å². The van der Waals surface area contributed by atoms with Crippen LogP contribution < -0.4 is 10.1 Å². The molecule has 0 radical (unpaired) electrons. The Bertz CT molecular complexity index is 912. The number of nitrogens with one attached hydrogen (secondary N) is 1. The maximum atomic E-state index is 13.5. The summed E-state index contributed by atoms with van der Waals surface area (Å²) in [4.78, 5) is 27.1. The lowest BCUT2D eigenvalue weighted by Gasteiger charge is -2.30. The van der Waals surface area contributed by atoms with E-state index in [0.717, 1.165) is 17.7 Å². The van der Waals surface area contributed by atoms with Crippen LogP contribution in [0.4, 0.5) is 10.1 Å². The standard InChI is InChI=1S/C21H21FN2O3/c1-27-19-4-2-3-13-7-9-24(10-8-15(13)19)21(26)17-12-20(25)23-18-11-14(22)5-6-16(17)18/h2-6,11,17H,7-10,12H2,1H3,(H,23,25). The third-order valence-corrected chi connectivity index (χ3v) is 5.40. The molecule has 27 heavy (non-hydrogen) atoms. The number of carbonyl (C=O) groups is 2. The first-order valence-electron chi connectivity index (χ1n) is 9.09. The number of benzene rings is 2. The zero-order chi connectivity index (χ0) is 19.0. The minimum absolute atomic E-state index is 0.0792. The quantitative estimate of drug-likeness (QED) is 0.887. The van der Waals surface area contributed by atoms with Gasteiger partial charge in [0, 0.05) is 25.2 Å². The number of ether oxygens (including phenoxy) is 1. The van der Waals surface area contributed by atoms with Gasteiger partial charge in [-0.1, -0.05) is 18.2 Å². The second-order valence-electron chi connectivity index (χ2n) is 6.96. The summed E-state index contributed by atoms with van der Waals surface area (Å²) < 4.78 is 19.0. The summed E-state index contributed by atoms with van der Waals surface area (Å²) in [7, 11) is 1.65. The second kappa shape index (κ2) is 7.02. The molecule has 1 atom stereocenters. The lowest BCUT2D eigenvalue weighted by atomic mass is 9.89. The molecule has 140 valence electrons. The van der Waals surface area contributed by atoms with E-state index < -0.39 is 11.7 Å². The number of anilines is 1. The number of hydrogen-bond donors (Lipinski definition) is 1. The van der Waals surface area contributed by atoms with Crippen molar-refractivity contribution in [2.45, 2.75) is 25.2 Å². The summed E-state index contributed by atoms with van der Waals surface area (Å²) >= 11 is 0. The molecule has 2 aliphatic rings. The summed E-state index contributed by atoms with van der Waals surface area (Å²) in [5, 5.41) is 2.66. The Balaban J connectivity index is 1.59. The van der Waals surface area contributed by atoms with Crippen LogP contribution in [0.25, 0.3) is 0 Å². The highest BCUT2D eigenvalue weighted by Crippen LogP contribution is 2.35. The SMILES string of the molecule is COc1cccc2c1CCN(C(=O)C1CC(=O)Nc3cc(F)ccc31)CC2. The Morgan fingerprint density at radius 1 is 1.22 bits per heavy atom. The fourth-order valence-electron chi connectivity index (χ4n) is 4.03. The summed E-state index contributed by atoms with van der Waals surface area (Å²) in [5.74, 6) is -0.493. The Morgan fingerprint density at radius 2 is 2.04 bits per heavy atom. The fourth-order valence-corrected chi connectivity index (χ4v) is 4.03. The molecule has 0 aliphatic carbocycles. The van der Waals surface area contributed by atoms with E-state index >= 15 is 0 Å². The van der Waals surface area contributed by atoms with Gasteiger partial charge in [0.05, 0.1) is 13.0 Å². The first-order valence-corrected chi connectivity index (χ1v) is 9.09. The van der Waals surface area contributed by atoms with E-state index in [4.69, 9.17) is 4.74 Å². The van der Waals surface area contributed by atoms with Gasteiger partial charge in [-0.3, -0.25) is 9.59 Å². The molecule has 0 spiro atoms. The average molecular weight is 368 g/mol. The Labute approximate surface area is 157 Å². The maximum absolute atomic E-state index is 13.5. The number of carbonyl (C=O) groups excluding carboxylic acids is 2. The van der Waals surface area contributed by atoms with Crippen LogP contribution in [-0.2, 0) is 22.4 Å². The zero-order valence-corrected chi connectivity index (χ0v) is 15.1. The molecule has 0 fully saturated rings. The van der Waals surface area contributed by atoms with Crippen molar-refractivity contribution in [2.75, 3.05) is 25.5 Å². The van der Waals surface area contributed by atoms with Crippen LogP contribution in [0.2, 0.25) is 0 Å². The molecular formula is C21H21FN2O3. The summed E-state index contributed by atoms with van der Waals surface area (Å²) in [6.45, 7) is 1.16. The van der Waals surface area contributed by atoms with Gasteiger partial charge in [0.25, 0.3) is 0 Å². The van der Waals surface area contributed by atoms with E-state index in [-0.39, 0.29) is 18.2 Å². The molecule has 0 saturated carbocycles. The summed E-state index contributed by atoms with van der Waals surface area (Å²) in [5.41, 5.74) is 3.40. The van der Waals surface area contributed by atoms with Crippen LogP contribution in [0, 0.1) is 5.82 Å². The summed E-state index contributed by atoms with van der Waals surface area (Å²) in [6.07, 6.45) is 1.54. The third kappa shape index (κ3) is 3.27. The first kappa shape index (κ1) is 17.5. The third-order valence-electron chi connectivity index (χ3n) is 5.40. The van der Waals surface area contributed by atoms with Crippen LogP contribution in [0.3, 0.4) is 0 Å². The lowest BCUT2D eigenvalue weighted by Crippen LogP contribution is -2.40. The van der Waals surface area contributed by atoms with E-state index in [0.29, 0.717) is 30.8 Å². The fraction of sp³-hybridized carbons (Fsp3) is 0.333. The minimum Gasteiger partial charge on any atom is -0.496 e. The number of halogens is 1. The minimum atomic E-state index is -0.572. The molecule has 0 saturated heterocycles. The van der Waals surface area contributed by atoms with Crippen molar-refractivity contribution < 1.29 is 18.7 Å². The Morgan fingerprint density at radius 3 is 2.85 bits per heavy atom. The normalized spacial score (nSPS) is 18.8. The van der Waals surface area contributed by atoms with Crippen LogP contribution >= 0.6 is 0 Å². The molecule has 1 N–H and O–H groups in total. The summed E-state index contributed by atoms with van der Waals surface area (Å²) in [6, 6.07) is 10.2. The zero-order valence-electron chi connectivity index (χ0n) is 15.1. The van der Waals surface area contributed by atoms with Gasteiger partial charge >= 0.3 is 0 Å². The molecule has 4 rings (SSSR count). The van der Waals surface area contributed by atoms with Gasteiger partial charge in [-0.15, -0.1) is 0 Å². The average Bonchev–Trinajstić information content (AvgIpc) is 2.89. The van der Waals surface area contributed by atoms with Gasteiger partial charge < -0.3 is 15.0 Å². The van der Waals surface area contributed by atoms with E-state index in [2.05, 4.69) is 11.4 Å². The highest BCUT2D eigenvalue weighted by atomic mass is 19.1. The first-order chi connectivity index (χ1) is 13.1. The predicted molar refractivity (Wildman–Crippen MR) is 99.4 cm³/mol. The van der Waals surface area contributed by atoms with Crippen molar-refractivity contribution in [3.63, 3.8) is 0 Å². The predicted octanol–water partition coefficient (Wildman–Crippen LogP) is 2.89. The number of rotatable bonds is 2. The lowest BCUT2D eigenvalue weighted by molar-refractivity contribution is -0.134. The van der Waals surface area contributed by atoms with Crippen molar-refractivity contribution in [2.24, 2.45) is 0 Å². The monoisotopic (exact) mass is 368 g/mol. The molecule has 2 aromatic rings. The number of methoxy groups -OCH3 is 1. The molecule has 2 aromatic carbocycles. The van der Waals surface area contributed by atoms with E-state index in [9.17, 15) is 14.0 Å². The highest BCUT2D eigenvalue weighted by molar-refractivity contribution is 6.01.